The van der Waals surface area contributed by atoms with Crippen LogP contribution in [0.5, 0.6) is 0 Å². The van der Waals surface area contributed by atoms with Crippen LogP contribution in [0.25, 0.3) is 0 Å². The van der Waals surface area contributed by atoms with Gasteiger partial charge < -0.3 is 17.1 Å². The van der Waals surface area contributed by atoms with E-state index in [2.05, 4.69) is 27.7 Å². The van der Waals surface area contributed by atoms with Crippen LogP contribution in [0.4, 0.5) is 0 Å². The maximum Gasteiger partial charge on any atom is -1.00 e. The van der Waals surface area contributed by atoms with Crippen LogP contribution in [0.2, 0.25) is 21.1 Å². The molecule has 0 aliphatic rings. The van der Waals surface area contributed by atoms with Crippen LogP contribution in [0.3, 0.4) is 0 Å². The summed E-state index contributed by atoms with van der Waals surface area (Å²) >= 11 is 1.63. The molecular formula is C8H20Al2ClF. The van der Waals surface area contributed by atoms with Gasteiger partial charge in [-0.15, -0.1) is 0 Å². The van der Waals surface area contributed by atoms with Gasteiger partial charge in [0.05, 0.1) is 0 Å². The minimum absolute atomic E-state index is 0. The second kappa shape index (κ2) is 29.5. The van der Waals surface area contributed by atoms with Crippen molar-refractivity contribution in [3.05, 3.63) is 0 Å². The molecule has 0 saturated heterocycles. The predicted octanol–water partition coefficient (Wildman–Crippen LogP) is -2.86. The van der Waals surface area contributed by atoms with E-state index in [1.807, 2.05) is 0 Å². The van der Waals surface area contributed by atoms with Gasteiger partial charge in [0, 0.05) is 0 Å². The fraction of sp³-hybridized carbons (Fsp3) is 1.00. The third kappa shape index (κ3) is 42.7. The third-order valence-electron chi connectivity index (χ3n) is 1.15. The van der Waals surface area contributed by atoms with Gasteiger partial charge >= 0.3 is 79.3 Å². The first-order valence-corrected chi connectivity index (χ1v) is 7.73. The summed E-state index contributed by atoms with van der Waals surface area (Å²) in [5.74, 6) is 0. The molecule has 72 valence electrons. The van der Waals surface area contributed by atoms with E-state index in [9.17, 15) is 0 Å². The van der Waals surface area contributed by atoms with Crippen LogP contribution < -0.4 is 17.1 Å². The average molecular weight is 225 g/mol. The molecule has 0 atom stereocenters. The van der Waals surface area contributed by atoms with E-state index in [0.29, 0.717) is 0 Å². The molecule has 0 rings (SSSR count). The van der Waals surface area contributed by atoms with E-state index in [1.165, 1.54) is 21.1 Å². The van der Waals surface area contributed by atoms with Crippen LogP contribution in [-0.4, -0.2) is 30.4 Å². The molecule has 0 unspecified atom stereocenters. The minimum Gasteiger partial charge on any atom is -1.00 e. The summed E-state index contributed by atoms with van der Waals surface area (Å²) < 4.78 is 0. The van der Waals surface area contributed by atoms with Gasteiger partial charge in [-0.1, -0.05) is 0 Å². The molecule has 4 heteroatoms. The van der Waals surface area contributed by atoms with Crippen LogP contribution >= 0.6 is 0 Å². The summed E-state index contributed by atoms with van der Waals surface area (Å²) in [4.78, 5) is 0. The Balaban J connectivity index is -0.0000000457. The van der Waals surface area contributed by atoms with Crippen molar-refractivity contribution >= 4 is 30.4 Å². The van der Waals surface area contributed by atoms with Gasteiger partial charge in [-0.05, 0) is 0 Å². The zero-order chi connectivity index (χ0) is 8.24. The largest absolute Gasteiger partial charge is 1.00 e. The third-order valence-corrected chi connectivity index (χ3v) is 3.46. The van der Waals surface area contributed by atoms with E-state index >= 15 is 0 Å². The van der Waals surface area contributed by atoms with Crippen LogP contribution in [0.15, 0.2) is 0 Å². The Kier molecular flexibility index (Phi) is 57.1. The number of rotatable bonds is 4. The second-order valence-corrected chi connectivity index (χ2v) is 6.63. The maximum atomic E-state index is 2.25. The van der Waals surface area contributed by atoms with Gasteiger partial charge in [0.1, 0.15) is 0 Å². The molecule has 0 radical (unpaired) electrons. The summed E-state index contributed by atoms with van der Waals surface area (Å²) in [6, 6.07) is 0. The Morgan fingerprint density at radius 1 is 0.667 bits per heavy atom. The zero-order valence-electron chi connectivity index (χ0n) is 8.74. The summed E-state index contributed by atoms with van der Waals surface area (Å²) in [7, 11) is 0. The summed E-state index contributed by atoms with van der Waals surface area (Å²) in [5.41, 5.74) is 0. The number of hydrogen-bond acceptors (Lipinski definition) is 0. The Morgan fingerprint density at radius 2 is 0.833 bits per heavy atom. The van der Waals surface area contributed by atoms with Crippen LogP contribution in [-0.2, 0) is 0 Å². The van der Waals surface area contributed by atoms with Gasteiger partial charge in [-0.3, -0.25) is 0 Å². The first-order valence-electron chi connectivity index (χ1n) is 4.46. The predicted molar refractivity (Wildman–Crippen MR) is 53.4 cm³/mol. The fourth-order valence-electron chi connectivity index (χ4n) is 0.577. The van der Waals surface area contributed by atoms with Crippen molar-refractivity contribution in [2.75, 3.05) is 0 Å². The second-order valence-electron chi connectivity index (χ2n) is 2.21. The Morgan fingerprint density at radius 3 is 0.833 bits per heavy atom. The first-order chi connectivity index (χ1) is 4.83. The van der Waals surface area contributed by atoms with Gasteiger partial charge in [-0.2, -0.15) is 0 Å². The van der Waals surface area contributed by atoms with Gasteiger partial charge in [0.25, 0.3) is 0 Å². The standard InChI is InChI=1S/4C2H5.2Al.ClH.FH/c4*1-2;;;;/h4*1H2,2H3;;;2*1H/q;;;;2*+1;;/p-2. The minimum atomic E-state index is 0. The summed E-state index contributed by atoms with van der Waals surface area (Å²) in [6.45, 7) is 9.00. The molecule has 0 aromatic rings. The van der Waals surface area contributed by atoms with Gasteiger partial charge in [-0.25, -0.2) is 0 Å². The molecule has 0 saturated carbocycles. The molecule has 0 spiro atoms. The molecule has 0 aromatic carbocycles. The van der Waals surface area contributed by atoms with Crippen molar-refractivity contribution in [3.63, 3.8) is 0 Å². The van der Waals surface area contributed by atoms with E-state index in [-0.39, 0.29) is 17.1 Å². The molecule has 0 bridgehead atoms. The molecule has 0 amide bonds. The molecule has 0 N–H and O–H groups in total. The Labute approximate surface area is 96.1 Å². The van der Waals surface area contributed by atoms with Crippen molar-refractivity contribution in [2.45, 2.75) is 48.8 Å². The number of hydrogen-bond donors (Lipinski definition) is 0. The Bertz CT molecular complexity index is 38.0. The molecule has 0 nitrogen and oxygen atoms in total. The van der Waals surface area contributed by atoms with E-state index in [4.69, 9.17) is 0 Å². The van der Waals surface area contributed by atoms with E-state index in [0.717, 1.165) is 30.4 Å². The quantitative estimate of drug-likeness (QED) is 0.451. The van der Waals surface area contributed by atoms with Crippen LogP contribution in [0, 0.1) is 0 Å². The average Bonchev–Trinajstić information content (AvgIpc) is 1.93. The molecule has 0 heterocycles. The van der Waals surface area contributed by atoms with Crippen molar-refractivity contribution < 1.29 is 17.1 Å². The molecule has 0 aliphatic carbocycles. The molecule has 12 heavy (non-hydrogen) atoms. The first kappa shape index (κ1) is 23.3. The van der Waals surface area contributed by atoms with E-state index < -0.39 is 0 Å². The van der Waals surface area contributed by atoms with Gasteiger partial charge in [0.15, 0.2) is 0 Å². The van der Waals surface area contributed by atoms with Crippen molar-refractivity contribution in [2.24, 2.45) is 0 Å². The number of halogens is 2. The Hall–Kier alpha value is 1.28. The molecule has 0 fully saturated rings. The fourth-order valence-corrected chi connectivity index (χ4v) is 1.73. The monoisotopic (exact) mass is 224 g/mol. The summed E-state index contributed by atoms with van der Waals surface area (Å²) in [6.07, 6.45) is 0. The molecule has 0 aliphatic heterocycles. The van der Waals surface area contributed by atoms with Gasteiger partial charge in [0.2, 0.25) is 0 Å². The zero-order valence-corrected chi connectivity index (χ0v) is 11.8. The maximum absolute atomic E-state index is 2.25. The normalized spacial score (nSPS) is 5.67. The topological polar surface area (TPSA) is 0 Å². The van der Waals surface area contributed by atoms with E-state index in [1.54, 1.807) is 0 Å². The molecule has 0 aromatic heterocycles. The molecular weight excluding hydrogens is 205 g/mol. The van der Waals surface area contributed by atoms with Crippen molar-refractivity contribution in [1.29, 1.82) is 0 Å². The van der Waals surface area contributed by atoms with Crippen LogP contribution in [0.1, 0.15) is 27.7 Å². The SMILES string of the molecule is C[CH2][Al+][CH2]C.C[CH2][Al+][CH2]C.[Cl-].[F-]. The van der Waals surface area contributed by atoms with Crippen molar-refractivity contribution in [3.8, 4) is 0 Å². The smallest absolute Gasteiger partial charge is 1.00 e. The summed E-state index contributed by atoms with van der Waals surface area (Å²) in [5, 5.41) is 5.71. The van der Waals surface area contributed by atoms with Crippen molar-refractivity contribution in [1.82, 2.24) is 0 Å².